The summed E-state index contributed by atoms with van der Waals surface area (Å²) in [5, 5.41) is 3.39. The van der Waals surface area contributed by atoms with E-state index in [1.54, 1.807) is 18.2 Å². The zero-order valence-corrected chi connectivity index (χ0v) is 10.8. The maximum absolute atomic E-state index is 11.8. The highest BCUT2D eigenvalue weighted by Gasteiger charge is 2.23. The van der Waals surface area contributed by atoms with E-state index in [1.807, 2.05) is 0 Å². The molecule has 1 aliphatic rings. The molecule has 1 amide bonds. The number of amides is 1. The van der Waals surface area contributed by atoms with Gasteiger partial charge in [0, 0.05) is 16.1 Å². The number of hydrogen-bond acceptors (Lipinski definition) is 2. The Morgan fingerprint density at radius 3 is 3.06 bits per heavy atom. The Bertz CT molecular complexity index is 405. The fraction of sp³-hybridized carbons (Fsp3) is 0.364. The predicted molar refractivity (Wildman–Crippen MR) is 66.8 cm³/mol. The standard InChI is InChI=1S/C11H11BrClNO2/c12-8-4-3-7(13)6-9(8)14-11(15)10-2-1-5-16-10/h3-4,6,10H,1-2,5H2,(H,14,15). The van der Waals surface area contributed by atoms with Crippen molar-refractivity contribution in [3.63, 3.8) is 0 Å². The average molecular weight is 305 g/mol. The highest BCUT2D eigenvalue weighted by atomic mass is 79.9. The van der Waals surface area contributed by atoms with Gasteiger partial charge in [-0.25, -0.2) is 0 Å². The van der Waals surface area contributed by atoms with E-state index in [0.717, 1.165) is 17.3 Å². The van der Waals surface area contributed by atoms with Gasteiger partial charge in [0.05, 0.1) is 5.69 Å². The zero-order chi connectivity index (χ0) is 11.5. The number of benzene rings is 1. The molecule has 1 unspecified atom stereocenters. The van der Waals surface area contributed by atoms with Crippen LogP contribution in [0.4, 0.5) is 5.69 Å². The van der Waals surface area contributed by atoms with Crippen molar-refractivity contribution in [3.8, 4) is 0 Å². The lowest BCUT2D eigenvalue weighted by atomic mass is 10.2. The lowest BCUT2D eigenvalue weighted by Crippen LogP contribution is -2.26. The van der Waals surface area contributed by atoms with E-state index in [9.17, 15) is 4.79 Å². The number of halogens is 2. The first-order valence-corrected chi connectivity index (χ1v) is 6.21. The first kappa shape index (κ1) is 11.9. The molecule has 0 aliphatic carbocycles. The van der Waals surface area contributed by atoms with E-state index in [4.69, 9.17) is 16.3 Å². The normalized spacial score (nSPS) is 19.8. The summed E-state index contributed by atoms with van der Waals surface area (Å²) in [5.74, 6) is -0.111. The topological polar surface area (TPSA) is 38.3 Å². The largest absolute Gasteiger partial charge is 0.368 e. The monoisotopic (exact) mass is 303 g/mol. The van der Waals surface area contributed by atoms with Gasteiger partial charge in [0.2, 0.25) is 0 Å². The number of carbonyl (C=O) groups excluding carboxylic acids is 1. The minimum absolute atomic E-state index is 0.111. The fourth-order valence-corrected chi connectivity index (χ4v) is 2.11. The van der Waals surface area contributed by atoms with Crippen LogP contribution in [-0.2, 0) is 9.53 Å². The Morgan fingerprint density at radius 2 is 2.38 bits per heavy atom. The van der Waals surface area contributed by atoms with E-state index >= 15 is 0 Å². The summed E-state index contributed by atoms with van der Waals surface area (Å²) in [6.45, 7) is 0.662. The van der Waals surface area contributed by atoms with Gasteiger partial charge >= 0.3 is 0 Å². The molecule has 3 nitrogen and oxygen atoms in total. The molecule has 1 saturated heterocycles. The molecule has 1 heterocycles. The van der Waals surface area contributed by atoms with Gasteiger partial charge < -0.3 is 10.1 Å². The second-order valence-corrected chi connectivity index (χ2v) is 4.91. The van der Waals surface area contributed by atoms with E-state index in [2.05, 4.69) is 21.2 Å². The van der Waals surface area contributed by atoms with Gasteiger partial charge in [-0.15, -0.1) is 0 Å². The summed E-state index contributed by atoms with van der Waals surface area (Å²) < 4.78 is 6.11. The van der Waals surface area contributed by atoms with Crippen molar-refractivity contribution >= 4 is 39.1 Å². The van der Waals surface area contributed by atoms with Crippen LogP contribution < -0.4 is 5.32 Å². The van der Waals surface area contributed by atoms with Crippen LogP contribution in [0.2, 0.25) is 5.02 Å². The highest BCUT2D eigenvalue weighted by Crippen LogP contribution is 2.26. The van der Waals surface area contributed by atoms with Crippen molar-refractivity contribution in [2.75, 3.05) is 11.9 Å². The average Bonchev–Trinajstić information content (AvgIpc) is 2.76. The van der Waals surface area contributed by atoms with E-state index in [1.165, 1.54) is 0 Å². The number of anilines is 1. The van der Waals surface area contributed by atoms with Crippen LogP contribution in [0.25, 0.3) is 0 Å². The molecule has 1 fully saturated rings. The molecular formula is C11H11BrClNO2. The van der Waals surface area contributed by atoms with E-state index in [0.29, 0.717) is 17.3 Å². The molecule has 1 aromatic rings. The maximum Gasteiger partial charge on any atom is 0.253 e. The summed E-state index contributed by atoms with van der Waals surface area (Å²) in [5.41, 5.74) is 0.674. The van der Waals surface area contributed by atoms with Gasteiger partial charge in [0.1, 0.15) is 6.10 Å². The molecule has 0 aromatic heterocycles. The van der Waals surface area contributed by atoms with Crippen LogP contribution in [0.3, 0.4) is 0 Å². The molecule has 0 spiro atoms. The fourth-order valence-electron chi connectivity index (χ4n) is 1.59. The van der Waals surface area contributed by atoms with Gasteiger partial charge in [0.25, 0.3) is 5.91 Å². The van der Waals surface area contributed by atoms with Gasteiger partial charge in [-0.1, -0.05) is 11.6 Å². The third kappa shape index (κ3) is 2.75. The molecule has 1 atom stereocenters. The molecule has 1 aliphatic heterocycles. The van der Waals surface area contributed by atoms with Crippen molar-refractivity contribution in [2.24, 2.45) is 0 Å². The molecule has 0 bridgehead atoms. The third-order valence-electron chi connectivity index (χ3n) is 2.41. The third-order valence-corrected chi connectivity index (χ3v) is 3.33. The molecule has 0 saturated carbocycles. The number of carbonyl (C=O) groups is 1. The molecule has 16 heavy (non-hydrogen) atoms. The van der Waals surface area contributed by atoms with Crippen molar-refractivity contribution in [2.45, 2.75) is 18.9 Å². The van der Waals surface area contributed by atoms with Crippen LogP contribution in [0, 0.1) is 0 Å². The van der Waals surface area contributed by atoms with E-state index in [-0.39, 0.29) is 12.0 Å². The molecule has 2 rings (SSSR count). The number of rotatable bonds is 2. The zero-order valence-electron chi connectivity index (χ0n) is 8.50. The minimum atomic E-state index is -0.328. The molecular weight excluding hydrogens is 293 g/mol. The number of hydrogen-bond donors (Lipinski definition) is 1. The van der Waals surface area contributed by atoms with E-state index < -0.39 is 0 Å². The van der Waals surface area contributed by atoms with Gasteiger partial charge in [0.15, 0.2) is 0 Å². The highest BCUT2D eigenvalue weighted by molar-refractivity contribution is 9.10. The number of nitrogens with one attached hydrogen (secondary N) is 1. The smallest absolute Gasteiger partial charge is 0.253 e. The second-order valence-electron chi connectivity index (χ2n) is 3.62. The first-order valence-electron chi connectivity index (χ1n) is 5.04. The Labute approximate surface area is 107 Å². The van der Waals surface area contributed by atoms with Crippen molar-refractivity contribution in [1.82, 2.24) is 0 Å². The molecule has 5 heteroatoms. The molecule has 1 N–H and O–H groups in total. The molecule has 0 radical (unpaired) electrons. The van der Waals surface area contributed by atoms with Gasteiger partial charge in [-0.05, 0) is 47.0 Å². The summed E-state index contributed by atoms with van der Waals surface area (Å²) in [4.78, 5) is 11.8. The van der Waals surface area contributed by atoms with Crippen molar-refractivity contribution in [3.05, 3.63) is 27.7 Å². The Balaban J connectivity index is 2.07. The predicted octanol–water partition coefficient (Wildman–Crippen LogP) is 3.22. The SMILES string of the molecule is O=C(Nc1cc(Cl)ccc1Br)C1CCCO1. The summed E-state index contributed by atoms with van der Waals surface area (Å²) in [6.07, 6.45) is 1.39. The van der Waals surface area contributed by atoms with Crippen LogP contribution in [0.15, 0.2) is 22.7 Å². The van der Waals surface area contributed by atoms with Crippen LogP contribution in [0.5, 0.6) is 0 Å². The lowest BCUT2D eigenvalue weighted by Gasteiger charge is -2.11. The summed E-state index contributed by atoms with van der Waals surface area (Å²) >= 11 is 9.21. The minimum Gasteiger partial charge on any atom is -0.368 e. The number of ether oxygens (including phenoxy) is 1. The van der Waals surface area contributed by atoms with Crippen LogP contribution in [0.1, 0.15) is 12.8 Å². The Morgan fingerprint density at radius 1 is 1.56 bits per heavy atom. The van der Waals surface area contributed by atoms with Crippen LogP contribution in [-0.4, -0.2) is 18.6 Å². The Hall–Kier alpha value is -0.580. The second kappa shape index (κ2) is 5.17. The summed E-state index contributed by atoms with van der Waals surface area (Å²) in [6, 6.07) is 5.26. The first-order chi connectivity index (χ1) is 7.66. The Kier molecular flexibility index (Phi) is 3.84. The lowest BCUT2D eigenvalue weighted by molar-refractivity contribution is -0.124. The molecule has 86 valence electrons. The summed E-state index contributed by atoms with van der Waals surface area (Å²) in [7, 11) is 0. The molecule has 1 aromatic carbocycles. The van der Waals surface area contributed by atoms with Crippen LogP contribution >= 0.6 is 27.5 Å². The van der Waals surface area contributed by atoms with Gasteiger partial charge in [-0.3, -0.25) is 4.79 Å². The van der Waals surface area contributed by atoms with Crippen molar-refractivity contribution < 1.29 is 9.53 Å². The van der Waals surface area contributed by atoms with Crippen molar-refractivity contribution in [1.29, 1.82) is 0 Å². The van der Waals surface area contributed by atoms with Gasteiger partial charge in [-0.2, -0.15) is 0 Å². The quantitative estimate of drug-likeness (QED) is 0.911. The maximum atomic E-state index is 11.8.